The van der Waals surface area contributed by atoms with Crippen molar-refractivity contribution in [3.8, 4) is 0 Å². The predicted octanol–water partition coefficient (Wildman–Crippen LogP) is 8.46. The van der Waals surface area contributed by atoms with Gasteiger partial charge < -0.3 is 52.0 Å². The third kappa shape index (κ3) is 14.2. The van der Waals surface area contributed by atoms with Crippen LogP contribution in [-0.2, 0) is 32.3 Å². The summed E-state index contributed by atoms with van der Waals surface area (Å²) < 4.78 is 0. The summed E-state index contributed by atoms with van der Waals surface area (Å²) in [6.07, 6.45) is 3.80. The first-order valence-corrected chi connectivity index (χ1v) is 6.72. The molecule has 3 aromatic carbocycles. The maximum Gasteiger partial charge on any atom is 0 e. The van der Waals surface area contributed by atoms with Gasteiger partial charge in [-0.15, -0.1) is 40.6 Å². The molecule has 0 heterocycles. The predicted molar refractivity (Wildman–Crippen MR) is 125 cm³/mol. The van der Waals surface area contributed by atoms with Gasteiger partial charge in [-0.1, -0.05) is 32.3 Å². The Morgan fingerprint density at radius 3 is 1.77 bits per heavy atom. The summed E-state index contributed by atoms with van der Waals surface area (Å²) in [4.78, 5) is 0. The molecule has 3 rings (SSSR count). The Bertz CT molecular complexity index is 529. The Morgan fingerprint density at radius 2 is 1.31 bits per heavy atom. The monoisotopic (exact) mass is 521 g/mol. The first kappa shape index (κ1) is 44.5. The fraction of sp³-hybridized carbons (Fsp3) is 0.160. The molecule has 0 spiro atoms. The van der Waals surface area contributed by atoms with E-state index in [2.05, 4.69) is 43.3 Å². The average molecular weight is 520 g/mol. The van der Waals surface area contributed by atoms with Gasteiger partial charge in [0.2, 0.25) is 0 Å². The molecule has 3 aromatic rings. The van der Waals surface area contributed by atoms with Gasteiger partial charge in [-0.05, 0) is 0 Å². The molecule has 0 bridgehead atoms. The van der Waals surface area contributed by atoms with Crippen molar-refractivity contribution in [2.45, 2.75) is 26.2 Å². The van der Waals surface area contributed by atoms with Gasteiger partial charge in [0.25, 0.3) is 0 Å². The summed E-state index contributed by atoms with van der Waals surface area (Å²) in [5, 5.41) is 2.82. The van der Waals surface area contributed by atoms with Crippen LogP contribution in [0.2, 0.25) is 0 Å². The van der Waals surface area contributed by atoms with E-state index in [4.69, 9.17) is 0 Å². The van der Waals surface area contributed by atoms with E-state index in [1.54, 1.807) is 0 Å². The van der Waals surface area contributed by atoms with Crippen LogP contribution >= 0.6 is 0 Å². The second-order valence-electron chi connectivity index (χ2n) is 4.51. The molecule has 0 aliphatic heterocycles. The van der Waals surface area contributed by atoms with E-state index >= 15 is 0 Å². The van der Waals surface area contributed by atoms with Crippen molar-refractivity contribution >= 4 is 10.8 Å². The number of aryl methyl sites for hydroxylation is 1. The van der Waals surface area contributed by atoms with Gasteiger partial charge in [0.1, 0.15) is 0 Å². The average Bonchev–Trinajstić information content (AvgIpc) is 3.09. The molecule has 0 atom stereocenters. The molecule has 26 heavy (non-hydrogen) atoms. The van der Waals surface area contributed by atoms with E-state index in [9.17, 15) is 0 Å². The normalized spacial score (nSPS) is 6.96. The molecule has 0 nitrogen and oxygen atoms in total. The summed E-state index contributed by atoms with van der Waals surface area (Å²) >= 11 is 0. The van der Waals surface area contributed by atoms with Crippen LogP contribution in [0.5, 0.6) is 0 Å². The van der Waals surface area contributed by atoms with Gasteiger partial charge >= 0.3 is 0 Å². The largest absolute Gasteiger partial charge is 0.358 e. The van der Waals surface area contributed by atoms with Crippen molar-refractivity contribution in [2.24, 2.45) is 0 Å². The van der Waals surface area contributed by atoms with Gasteiger partial charge in [0.05, 0.1) is 0 Å². The van der Waals surface area contributed by atoms with Crippen LogP contribution in [0.25, 0.3) is 10.8 Å². The molecule has 154 valence electrons. The van der Waals surface area contributed by atoms with Crippen LogP contribution < -0.4 is 0 Å². The standard InChI is InChI=1S/C13H15.C5H5.7CH3.Hf/c1-2-3-6-11-9-10-12-7-4-5-8-13(11)12;1-2-4-5-3-1;;;;;;;;/h4-5,7-10H,2-3,6H2,1H3;1-5H;7*1H3;/q9*-1;. The number of benzene rings is 1. The summed E-state index contributed by atoms with van der Waals surface area (Å²) in [7, 11) is 0. The van der Waals surface area contributed by atoms with E-state index in [0.717, 1.165) is 0 Å². The van der Waals surface area contributed by atoms with Gasteiger partial charge in [-0.3, -0.25) is 0 Å². The van der Waals surface area contributed by atoms with Crippen LogP contribution in [-0.4, -0.2) is 0 Å². The fourth-order valence-electron chi connectivity index (χ4n) is 2.12. The quantitative estimate of drug-likeness (QED) is 0.240. The van der Waals surface area contributed by atoms with Crippen molar-refractivity contribution in [2.75, 3.05) is 0 Å². The van der Waals surface area contributed by atoms with Crippen LogP contribution in [0.15, 0.2) is 66.7 Å². The number of rotatable bonds is 3. The van der Waals surface area contributed by atoms with Gasteiger partial charge in [-0.25, -0.2) is 12.1 Å². The van der Waals surface area contributed by atoms with E-state index < -0.39 is 0 Å². The first-order chi connectivity index (χ1) is 8.92. The molecule has 0 fully saturated rings. The van der Waals surface area contributed by atoms with Crippen LogP contribution in [0, 0.1) is 52.0 Å². The van der Waals surface area contributed by atoms with Crippen molar-refractivity contribution in [1.82, 2.24) is 0 Å². The Balaban J connectivity index is -0.0000000500. The molecule has 0 N–H and O–H groups in total. The zero-order valence-electron chi connectivity index (χ0n) is 18.5. The molecule has 0 aromatic heterocycles. The Morgan fingerprint density at radius 1 is 0.769 bits per heavy atom. The minimum Gasteiger partial charge on any atom is -0.358 e. The third-order valence-corrected chi connectivity index (χ3v) is 3.13. The molecule has 0 unspecified atom stereocenters. The molecule has 0 aliphatic rings. The molecular weight excluding hydrogens is 479 g/mol. The minimum atomic E-state index is 0. The van der Waals surface area contributed by atoms with E-state index in [1.165, 1.54) is 35.6 Å². The maximum absolute atomic E-state index is 2.26. The summed E-state index contributed by atoms with van der Waals surface area (Å²) in [5.41, 5.74) is 1.51. The summed E-state index contributed by atoms with van der Waals surface area (Å²) in [5.74, 6) is 0. The number of hydrogen-bond donors (Lipinski definition) is 0. The Hall–Kier alpha value is -0.950. The maximum atomic E-state index is 2.26. The molecule has 1 heteroatoms. The van der Waals surface area contributed by atoms with Crippen LogP contribution in [0.1, 0.15) is 25.3 Å². The smallest absolute Gasteiger partial charge is 0 e. The molecule has 0 radical (unpaired) electrons. The fourth-order valence-corrected chi connectivity index (χ4v) is 2.12. The second-order valence-corrected chi connectivity index (χ2v) is 4.51. The van der Waals surface area contributed by atoms with Crippen molar-refractivity contribution in [3.05, 3.63) is 124 Å². The molecule has 0 saturated heterocycles. The van der Waals surface area contributed by atoms with Crippen molar-refractivity contribution in [1.29, 1.82) is 0 Å². The van der Waals surface area contributed by atoms with Crippen LogP contribution in [0.3, 0.4) is 0 Å². The van der Waals surface area contributed by atoms with Gasteiger partial charge in [0.15, 0.2) is 0 Å². The number of hydrogen-bond acceptors (Lipinski definition) is 0. The minimum absolute atomic E-state index is 0. The molecule has 0 saturated carbocycles. The topological polar surface area (TPSA) is 0 Å². The zero-order chi connectivity index (χ0) is 12.6. The Kier molecular flexibility index (Phi) is 45.0. The molecular formula is C25H41Hf-9. The molecule has 0 aliphatic carbocycles. The Labute approximate surface area is 186 Å². The number of fused-ring (bicyclic) bond motifs is 1. The zero-order valence-corrected chi connectivity index (χ0v) is 22.1. The van der Waals surface area contributed by atoms with Gasteiger partial charge in [0, 0.05) is 25.8 Å². The second kappa shape index (κ2) is 26.3. The van der Waals surface area contributed by atoms with Crippen molar-refractivity contribution in [3.63, 3.8) is 0 Å². The van der Waals surface area contributed by atoms with E-state index in [0.29, 0.717) is 0 Å². The summed E-state index contributed by atoms with van der Waals surface area (Å²) in [6.45, 7) is 2.24. The molecule has 0 amide bonds. The van der Waals surface area contributed by atoms with Gasteiger partial charge in [-0.2, -0.15) is 24.3 Å². The van der Waals surface area contributed by atoms with E-state index in [1.807, 2.05) is 30.3 Å². The van der Waals surface area contributed by atoms with Crippen LogP contribution in [0.4, 0.5) is 0 Å². The first-order valence-electron chi connectivity index (χ1n) is 6.72. The third-order valence-electron chi connectivity index (χ3n) is 3.13. The number of unbranched alkanes of at least 4 members (excludes halogenated alkanes) is 1. The van der Waals surface area contributed by atoms with Crippen molar-refractivity contribution < 1.29 is 25.8 Å². The SMILES string of the molecule is CCCC[c-]1ccc2ccccc21.[CH3-].[CH3-].[CH3-].[CH3-].[CH3-].[CH3-].[CH3-].[Hf].c1cc[cH-]c1. The summed E-state index contributed by atoms with van der Waals surface area (Å²) in [6, 6.07) is 23.1. The van der Waals surface area contributed by atoms with E-state index in [-0.39, 0.29) is 77.8 Å².